The smallest absolute Gasteiger partial charge is 0.133 e. The van der Waals surface area contributed by atoms with Crippen LogP contribution in [-0.2, 0) is 0 Å². The summed E-state index contributed by atoms with van der Waals surface area (Å²) in [4.78, 5) is 10.2. The van der Waals surface area contributed by atoms with E-state index in [1.807, 2.05) is 0 Å². The standard InChI is InChI=1S/C7H10N4O/c1-3-6(9)4(8)2-5(11-12)7(3)10/h2H,8-10H2,1H3. The fourth-order valence-electron chi connectivity index (χ4n) is 0.932. The molecule has 0 aliphatic rings. The van der Waals surface area contributed by atoms with Gasteiger partial charge < -0.3 is 17.2 Å². The zero-order valence-electron chi connectivity index (χ0n) is 6.66. The lowest BCUT2D eigenvalue weighted by atomic mass is 10.1. The number of anilines is 3. The van der Waals surface area contributed by atoms with E-state index in [-0.39, 0.29) is 11.4 Å². The molecule has 0 amide bonds. The molecule has 0 radical (unpaired) electrons. The van der Waals surface area contributed by atoms with Crippen molar-refractivity contribution in [2.75, 3.05) is 17.2 Å². The van der Waals surface area contributed by atoms with E-state index >= 15 is 0 Å². The van der Waals surface area contributed by atoms with Crippen LogP contribution in [0.25, 0.3) is 0 Å². The molecule has 12 heavy (non-hydrogen) atoms. The number of benzene rings is 1. The molecule has 1 aromatic rings. The Kier molecular flexibility index (Phi) is 1.86. The van der Waals surface area contributed by atoms with E-state index in [0.29, 0.717) is 16.9 Å². The Labute approximate surface area is 69.5 Å². The van der Waals surface area contributed by atoms with Crippen molar-refractivity contribution in [1.29, 1.82) is 0 Å². The largest absolute Gasteiger partial charge is 0.397 e. The van der Waals surface area contributed by atoms with E-state index in [0.717, 1.165) is 0 Å². The maximum atomic E-state index is 10.2. The molecule has 0 aromatic heterocycles. The topological polar surface area (TPSA) is 107 Å². The number of nitrogens with two attached hydrogens (primary N) is 3. The predicted molar refractivity (Wildman–Crippen MR) is 49.9 cm³/mol. The molecule has 1 rings (SSSR count). The lowest BCUT2D eigenvalue weighted by Gasteiger charge is -2.08. The first-order valence-electron chi connectivity index (χ1n) is 3.35. The molecular formula is C7H10N4O. The molecule has 0 saturated heterocycles. The fourth-order valence-corrected chi connectivity index (χ4v) is 0.932. The summed E-state index contributed by atoms with van der Waals surface area (Å²) in [7, 11) is 0. The molecule has 5 nitrogen and oxygen atoms in total. The SMILES string of the molecule is Cc1c(N)c(N)cc(N=O)c1N. The quantitative estimate of drug-likeness (QED) is 0.429. The van der Waals surface area contributed by atoms with Crippen molar-refractivity contribution in [2.24, 2.45) is 5.18 Å². The Morgan fingerprint density at radius 2 is 1.83 bits per heavy atom. The van der Waals surface area contributed by atoms with Crippen LogP contribution >= 0.6 is 0 Å². The van der Waals surface area contributed by atoms with E-state index in [1.165, 1.54) is 6.07 Å². The molecule has 0 atom stereocenters. The molecule has 6 N–H and O–H groups in total. The molecule has 64 valence electrons. The minimum atomic E-state index is 0.138. The summed E-state index contributed by atoms with van der Waals surface area (Å²) in [5.74, 6) is 0. The van der Waals surface area contributed by atoms with Gasteiger partial charge in [0.15, 0.2) is 0 Å². The summed E-state index contributed by atoms with van der Waals surface area (Å²) in [6.45, 7) is 1.69. The van der Waals surface area contributed by atoms with Crippen molar-refractivity contribution in [1.82, 2.24) is 0 Å². The van der Waals surface area contributed by atoms with Gasteiger partial charge in [-0.05, 0) is 23.7 Å². The highest BCUT2D eigenvalue weighted by molar-refractivity contribution is 5.82. The summed E-state index contributed by atoms with van der Waals surface area (Å²) in [6.07, 6.45) is 0. The molecular weight excluding hydrogens is 156 g/mol. The lowest BCUT2D eigenvalue weighted by molar-refractivity contribution is 1.42. The minimum Gasteiger partial charge on any atom is -0.397 e. The summed E-state index contributed by atoms with van der Waals surface area (Å²) < 4.78 is 0. The first-order valence-corrected chi connectivity index (χ1v) is 3.35. The second-order valence-corrected chi connectivity index (χ2v) is 2.53. The van der Waals surface area contributed by atoms with Gasteiger partial charge >= 0.3 is 0 Å². The maximum absolute atomic E-state index is 10.2. The molecule has 0 spiro atoms. The average molecular weight is 166 g/mol. The Morgan fingerprint density at radius 1 is 1.25 bits per heavy atom. The first-order chi connectivity index (χ1) is 5.57. The van der Waals surface area contributed by atoms with Gasteiger partial charge in [0, 0.05) is 0 Å². The normalized spacial score (nSPS) is 9.75. The second kappa shape index (κ2) is 2.69. The van der Waals surface area contributed by atoms with Crippen LogP contribution in [0.1, 0.15) is 5.56 Å². The van der Waals surface area contributed by atoms with Crippen molar-refractivity contribution < 1.29 is 0 Å². The van der Waals surface area contributed by atoms with Crippen LogP contribution in [0.5, 0.6) is 0 Å². The van der Waals surface area contributed by atoms with Gasteiger partial charge in [0.1, 0.15) is 5.69 Å². The number of nitrogen functional groups attached to an aromatic ring is 3. The molecule has 0 fully saturated rings. The van der Waals surface area contributed by atoms with Gasteiger partial charge in [0.05, 0.1) is 17.1 Å². The zero-order valence-corrected chi connectivity index (χ0v) is 6.66. The van der Waals surface area contributed by atoms with Crippen LogP contribution in [0.15, 0.2) is 11.2 Å². The van der Waals surface area contributed by atoms with Gasteiger partial charge in [-0.3, -0.25) is 0 Å². The van der Waals surface area contributed by atoms with Crippen LogP contribution in [0, 0.1) is 11.8 Å². The molecule has 0 saturated carbocycles. The van der Waals surface area contributed by atoms with Crippen LogP contribution in [0.2, 0.25) is 0 Å². The third-order valence-electron chi connectivity index (χ3n) is 1.79. The van der Waals surface area contributed by atoms with E-state index in [9.17, 15) is 4.91 Å². The predicted octanol–water partition coefficient (Wildman–Crippen LogP) is 1.14. The van der Waals surface area contributed by atoms with Crippen molar-refractivity contribution in [3.05, 3.63) is 16.5 Å². The summed E-state index contributed by atoms with van der Waals surface area (Å²) in [5, 5.41) is 2.72. The van der Waals surface area contributed by atoms with Gasteiger partial charge in [-0.2, -0.15) is 0 Å². The second-order valence-electron chi connectivity index (χ2n) is 2.53. The number of nitroso groups, excluding NO2 is 1. The number of rotatable bonds is 1. The third-order valence-corrected chi connectivity index (χ3v) is 1.79. The molecule has 1 aromatic carbocycles. The molecule has 0 heterocycles. The number of hydrogen-bond acceptors (Lipinski definition) is 5. The summed E-state index contributed by atoms with van der Waals surface area (Å²) >= 11 is 0. The average Bonchev–Trinajstić information content (AvgIpc) is 2.08. The summed E-state index contributed by atoms with van der Waals surface area (Å²) in [6, 6.07) is 1.37. The fraction of sp³-hybridized carbons (Fsp3) is 0.143. The van der Waals surface area contributed by atoms with Crippen LogP contribution in [-0.4, -0.2) is 0 Å². The van der Waals surface area contributed by atoms with E-state index < -0.39 is 0 Å². The molecule has 0 bridgehead atoms. The Balaban J connectivity index is 3.49. The lowest BCUT2D eigenvalue weighted by Crippen LogP contribution is -2.01. The zero-order chi connectivity index (χ0) is 9.30. The van der Waals surface area contributed by atoms with E-state index in [2.05, 4.69) is 5.18 Å². The minimum absolute atomic E-state index is 0.138. The Bertz CT molecular complexity index is 335. The van der Waals surface area contributed by atoms with Gasteiger partial charge in [-0.25, -0.2) is 0 Å². The maximum Gasteiger partial charge on any atom is 0.133 e. The summed E-state index contributed by atoms with van der Waals surface area (Å²) in [5.41, 5.74) is 18.3. The highest BCUT2D eigenvalue weighted by Crippen LogP contribution is 2.33. The molecule has 0 aliphatic carbocycles. The van der Waals surface area contributed by atoms with Crippen molar-refractivity contribution in [2.45, 2.75) is 6.92 Å². The van der Waals surface area contributed by atoms with Gasteiger partial charge in [0.2, 0.25) is 0 Å². The van der Waals surface area contributed by atoms with Crippen molar-refractivity contribution in [3.63, 3.8) is 0 Å². The monoisotopic (exact) mass is 166 g/mol. The number of hydrogen-bond donors (Lipinski definition) is 3. The van der Waals surface area contributed by atoms with Crippen LogP contribution in [0.3, 0.4) is 0 Å². The first kappa shape index (κ1) is 8.32. The highest BCUT2D eigenvalue weighted by Gasteiger charge is 2.08. The van der Waals surface area contributed by atoms with Gasteiger partial charge in [-0.15, -0.1) is 4.91 Å². The molecule has 0 unspecified atom stereocenters. The van der Waals surface area contributed by atoms with E-state index in [4.69, 9.17) is 17.2 Å². The van der Waals surface area contributed by atoms with Crippen molar-refractivity contribution in [3.8, 4) is 0 Å². The van der Waals surface area contributed by atoms with E-state index in [1.54, 1.807) is 6.92 Å². The van der Waals surface area contributed by atoms with Gasteiger partial charge in [-0.1, -0.05) is 0 Å². The Hall–Kier alpha value is -1.78. The van der Waals surface area contributed by atoms with Crippen LogP contribution < -0.4 is 17.2 Å². The van der Waals surface area contributed by atoms with Gasteiger partial charge in [0.25, 0.3) is 0 Å². The highest BCUT2D eigenvalue weighted by atomic mass is 16.3. The Morgan fingerprint density at radius 3 is 2.33 bits per heavy atom. The molecule has 0 aliphatic heterocycles. The molecule has 5 heteroatoms. The van der Waals surface area contributed by atoms with Crippen LogP contribution in [0.4, 0.5) is 22.7 Å². The van der Waals surface area contributed by atoms with Crippen molar-refractivity contribution >= 4 is 22.7 Å². The number of nitrogens with zero attached hydrogens (tertiary/aromatic N) is 1. The third kappa shape index (κ3) is 1.05.